The lowest BCUT2D eigenvalue weighted by Crippen LogP contribution is -2.37. The smallest absolute Gasteiger partial charge is 0.347 e. The van der Waals surface area contributed by atoms with E-state index in [1.165, 1.54) is 29.8 Å². The van der Waals surface area contributed by atoms with Crippen LogP contribution in [0.15, 0.2) is 40.8 Å². The van der Waals surface area contributed by atoms with E-state index < -0.39 is 23.6 Å². The Balaban J connectivity index is 2.08. The van der Waals surface area contributed by atoms with Crippen molar-refractivity contribution in [2.45, 2.75) is 12.6 Å². The van der Waals surface area contributed by atoms with Crippen LogP contribution < -0.4 is 11.0 Å². The van der Waals surface area contributed by atoms with Gasteiger partial charge in [-0.2, -0.15) is 0 Å². The third kappa shape index (κ3) is 3.29. The lowest BCUT2D eigenvalue weighted by molar-refractivity contribution is -0.142. The van der Waals surface area contributed by atoms with Crippen LogP contribution in [0.4, 0.5) is 0 Å². The minimum Gasteiger partial charge on any atom is -0.479 e. The molecule has 0 bridgehead atoms. The zero-order chi connectivity index (χ0) is 14.5. The second-order valence-corrected chi connectivity index (χ2v) is 4.86. The summed E-state index contributed by atoms with van der Waals surface area (Å²) in [5, 5.41) is 13.2. The highest BCUT2D eigenvalue weighted by Crippen LogP contribution is 2.19. The van der Waals surface area contributed by atoms with Gasteiger partial charge < -0.3 is 10.4 Å². The number of hydrogen-bond donors (Lipinski definition) is 2. The highest BCUT2D eigenvalue weighted by atomic mass is 32.1. The van der Waals surface area contributed by atoms with Gasteiger partial charge in [-0.15, -0.1) is 11.3 Å². The molecule has 0 aliphatic heterocycles. The van der Waals surface area contributed by atoms with Crippen molar-refractivity contribution in [2.24, 2.45) is 0 Å². The molecule has 0 fully saturated rings. The van der Waals surface area contributed by atoms with Crippen molar-refractivity contribution in [3.63, 3.8) is 0 Å². The summed E-state index contributed by atoms with van der Waals surface area (Å²) in [6, 6.07) is 3.73. The maximum atomic E-state index is 11.8. The van der Waals surface area contributed by atoms with Gasteiger partial charge in [0.05, 0.1) is 0 Å². The van der Waals surface area contributed by atoms with Crippen LogP contribution in [0.3, 0.4) is 0 Å². The van der Waals surface area contributed by atoms with Crippen molar-refractivity contribution < 1.29 is 14.7 Å². The SMILES string of the molecule is O=C(Cn1cccnc1=O)NC(C(=O)O)c1cccs1. The molecule has 8 heteroatoms. The van der Waals surface area contributed by atoms with Gasteiger partial charge in [0.1, 0.15) is 6.54 Å². The number of carboxylic acid groups (broad SMARTS) is 1. The molecule has 104 valence electrons. The average molecular weight is 293 g/mol. The van der Waals surface area contributed by atoms with E-state index in [9.17, 15) is 14.4 Å². The molecule has 2 aromatic rings. The van der Waals surface area contributed by atoms with Crippen molar-refractivity contribution in [2.75, 3.05) is 0 Å². The quantitative estimate of drug-likeness (QED) is 0.822. The summed E-state index contributed by atoms with van der Waals surface area (Å²) < 4.78 is 1.10. The molecule has 2 heterocycles. The number of carbonyl (C=O) groups is 2. The maximum absolute atomic E-state index is 11.8. The van der Waals surface area contributed by atoms with Crippen LogP contribution in [0.1, 0.15) is 10.9 Å². The molecule has 7 nitrogen and oxygen atoms in total. The number of aliphatic carboxylic acids is 1. The van der Waals surface area contributed by atoms with Crippen molar-refractivity contribution in [1.29, 1.82) is 0 Å². The van der Waals surface area contributed by atoms with E-state index in [-0.39, 0.29) is 6.54 Å². The zero-order valence-electron chi connectivity index (χ0n) is 10.2. The molecule has 0 aromatic carbocycles. The number of aromatic nitrogens is 2. The van der Waals surface area contributed by atoms with Gasteiger partial charge in [-0.25, -0.2) is 14.6 Å². The normalized spacial score (nSPS) is 11.8. The van der Waals surface area contributed by atoms with Crippen LogP contribution in [-0.2, 0) is 16.1 Å². The van der Waals surface area contributed by atoms with Crippen molar-refractivity contribution in [1.82, 2.24) is 14.9 Å². The molecule has 2 aromatic heterocycles. The third-order valence-electron chi connectivity index (χ3n) is 2.48. The molecule has 1 atom stereocenters. The van der Waals surface area contributed by atoms with Gasteiger partial charge >= 0.3 is 11.7 Å². The number of carboxylic acids is 1. The number of nitrogens with zero attached hydrogens (tertiary/aromatic N) is 2. The molecule has 0 aliphatic rings. The first-order valence-corrected chi connectivity index (χ1v) is 6.53. The Hall–Kier alpha value is -2.48. The Morgan fingerprint density at radius 2 is 2.25 bits per heavy atom. The van der Waals surface area contributed by atoms with Crippen molar-refractivity contribution >= 4 is 23.2 Å². The summed E-state index contributed by atoms with van der Waals surface area (Å²) in [7, 11) is 0. The monoisotopic (exact) mass is 293 g/mol. The number of carbonyl (C=O) groups excluding carboxylic acids is 1. The lowest BCUT2D eigenvalue weighted by Gasteiger charge is -2.13. The summed E-state index contributed by atoms with van der Waals surface area (Å²) in [4.78, 5) is 38.4. The molecule has 20 heavy (non-hydrogen) atoms. The van der Waals surface area contributed by atoms with Crippen LogP contribution in [0.2, 0.25) is 0 Å². The van der Waals surface area contributed by atoms with E-state index in [1.54, 1.807) is 17.5 Å². The fourth-order valence-electron chi connectivity index (χ4n) is 1.58. The van der Waals surface area contributed by atoms with Crippen molar-refractivity contribution in [3.8, 4) is 0 Å². The van der Waals surface area contributed by atoms with Crippen LogP contribution in [-0.4, -0.2) is 26.5 Å². The van der Waals surface area contributed by atoms with E-state index in [4.69, 9.17) is 5.11 Å². The number of nitrogens with one attached hydrogen (secondary N) is 1. The third-order valence-corrected chi connectivity index (χ3v) is 3.41. The van der Waals surface area contributed by atoms with E-state index in [0.29, 0.717) is 4.88 Å². The first-order chi connectivity index (χ1) is 9.58. The van der Waals surface area contributed by atoms with Crippen LogP contribution >= 0.6 is 11.3 Å². The van der Waals surface area contributed by atoms with Gasteiger partial charge in [-0.05, 0) is 17.5 Å². The topological polar surface area (TPSA) is 101 Å². The first-order valence-electron chi connectivity index (χ1n) is 5.65. The van der Waals surface area contributed by atoms with Gasteiger partial charge in [0.25, 0.3) is 0 Å². The van der Waals surface area contributed by atoms with E-state index in [1.807, 2.05) is 0 Å². The number of thiophene rings is 1. The van der Waals surface area contributed by atoms with Gasteiger partial charge in [0.2, 0.25) is 5.91 Å². The van der Waals surface area contributed by atoms with E-state index >= 15 is 0 Å². The minimum atomic E-state index is -1.15. The minimum absolute atomic E-state index is 0.276. The number of amides is 1. The van der Waals surface area contributed by atoms with E-state index in [2.05, 4.69) is 10.3 Å². The molecule has 0 saturated heterocycles. The lowest BCUT2D eigenvalue weighted by atomic mass is 10.2. The van der Waals surface area contributed by atoms with Gasteiger partial charge in [0.15, 0.2) is 6.04 Å². The largest absolute Gasteiger partial charge is 0.479 e. The predicted molar refractivity (Wildman–Crippen MR) is 71.3 cm³/mol. The molecule has 0 radical (unpaired) electrons. The molecular weight excluding hydrogens is 282 g/mol. The maximum Gasteiger partial charge on any atom is 0.347 e. The predicted octanol–water partition coefficient (Wildman–Crippen LogP) is 0.247. The van der Waals surface area contributed by atoms with E-state index in [0.717, 1.165) is 4.57 Å². The van der Waals surface area contributed by atoms with Crippen LogP contribution in [0.5, 0.6) is 0 Å². The fraction of sp³-hybridized carbons (Fsp3) is 0.167. The van der Waals surface area contributed by atoms with Crippen LogP contribution in [0, 0.1) is 0 Å². The Kier molecular flexibility index (Phi) is 4.26. The summed E-state index contributed by atoms with van der Waals surface area (Å²) in [6.45, 7) is -0.276. The summed E-state index contributed by atoms with van der Waals surface area (Å²) in [5.41, 5.74) is -0.564. The summed E-state index contributed by atoms with van der Waals surface area (Å²) >= 11 is 1.23. The highest BCUT2D eigenvalue weighted by molar-refractivity contribution is 7.10. The second kappa shape index (κ2) is 6.11. The Morgan fingerprint density at radius 3 is 2.85 bits per heavy atom. The molecule has 0 spiro atoms. The fourth-order valence-corrected chi connectivity index (χ4v) is 2.35. The Labute approximate surface area is 117 Å². The van der Waals surface area contributed by atoms with Crippen molar-refractivity contribution in [3.05, 3.63) is 51.3 Å². The Morgan fingerprint density at radius 1 is 1.45 bits per heavy atom. The van der Waals surface area contributed by atoms with Gasteiger partial charge in [-0.3, -0.25) is 9.36 Å². The highest BCUT2D eigenvalue weighted by Gasteiger charge is 2.23. The standard InChI is InChI=1S/C12H11N3O4S/c16-9(7-15-5-2-4-13-12(15)19)14-10(11(17)18)8-3-1-6-20-8/h1-6,10H,7H2,(H,14,16)(H,17,18). The molecule has 1 unspecified atom stereocenters. The number of rotatable bonds is 5. The number of hydrogen-bond acceptors (Lipinski definition) is 5. The molecule has 1 amide bonds. The molecule has 2 rings (SSSR count). The average Bonchev–Trinajstić information content (AvgIpc) is 2.92. The van der Waals surface area contributed by atoms with Crippen LogP contribution in [0.25, 0.3) is 0 Å². The van der Waals surface area contributed by atoms with Gasteiger partial charge in [0, 0.05) is 17.3 Å². The van der Waals surface area contributed by atoms with Gasteiger partial charge in [-0.1, -0.05) is 6.07 Å². The summed E-state index contributed by atoms with van der Waals surface area (Å²) in [6.07, 6.45) is 2.73. The second-order valence-electron chi connectivity index (χ2n) is 3.88. The zero-order valence-corrected chi connectivity index (χ0v) is 11.0. The summed E-state index contributed by atoms with van der Waals surface area (Å²) in [5.74, 6) is -1.72. The Bertz CT molecular complexity index is 665. The molecule has 0 saturated carbocycles. The molecule has 2 N–H and O–H groups in total. The molecule has 0 aliphatic carbocycles. The first kappa shape index (κ1) is 13.9. The molecular formula is C12H11N3O4S.